The highest BCUT2D eigenvalue weighted by Gasteiger charge is 2.75. The van der Waals surface area contributed by atoms with Gasteiger partial charge in [0.2, 0.25) is 11.8 Å². The minimum absolute atomic E-state index is 0.0710. The maximum absolute atomic E-state index is 13.5. The summed E-state index contributed by atoms with van der Waals surface area (Å²) in [5, 5.41) is 0. The van der Waals surface area contributed by atoms with Gasteiger partial charge < -0.3 is 9.47 Å². The zero-order chi connectivity index (χ0) is 18.2. The average molecular weight is 365 g/mol. The second-order valence-electron chi connectivity index (χ2n) is 8.52. The van der Waals surface area contributed by atoms with E-state index in [4.69, 9.17) is 9.47 Å². The number of nitrogens with zero attached hydrogens (tertiary/aromatic N) is 1. The molecule has 1 aromatic carbocycles. The van der Waals surface area contributed by atoms with Crippen LogP contribution in [0, 0.1) is 23.7 Å². The highest BCUT2D eigenvalue weighted by Crippen LogP contribution is 2.66. The third-order valence-electron chi connectivity index (χ3n) is 7.61. The number of benzene rings is 1. The first-order valence-electron chi connectivity index (χ1n) is 10.1. The van der Waals surface area contributed by atoms with Crippen LogP contribution in [0.1, 0.15) is 25.7 Å². The van der Waals surface area contributed by atoms with Gasteiger partial charge in [0, 0.05) is 25.0 Å². The standard InChI is InChI=1S/C22H23NO4/c24-19-17-15-8-9-16(18(17)20(25)23(19)14-6-2-1-3-7-14)22(11-5-13-27-22)21(15)10-4-12-26-21/h1-3,6-9,15-18H,4-5,10-13H2/t15-,16-,17-,18+,21-,22-/m1/s1. The summed E-state index contributed by atoms with van der Waals surface area (Å²) >= 11 is 0. The van der Waals surface area contributed by atoms with Gasteiger partial charge in [0.15, 0.2) is 0 Å². The van der Waals surface area contributed by atoms with Crippen LogP contribution in [0.3, 0.4) is 0 Å². The molecule has 0 unspecified atom stereocenters. The number of amides is 2. The summed E-state index contributed by atoms with van der Waals surface area (Å²) in [7, 11) is 0. The molecule has 3 saturated heterocycles. The number of carbonyl (C=O) groups is 2. The van der Waals surface area contributed by atoms with Crippen molar-refractivity contribution in [2.45, 2.75) is 36.9 Å². The lowest BCUT2D eigenvalue weighted by Crippen LogP contribution is -2.71. The summed E-state index contributed by atoms with van der Waals surface area (Å²) in [4.78, 5) is 28.3. The molecule has 2 spiro atoms. The lowest BCUT2D eigenvalue weighted by molar-refractivity contribution is -0.247. The Morgan fingerprint density at radius 1 is 0.815 bits per heavy atom. The Morgan fingerprint density at radius 2 is 1.33 bits per heavy atom. The Labute approximate surface area is 158 Å². The first kappa shape index (κ1) is 16.0. The Bertz CT molecular complexity index is 785. The first-order valence-corrected chi connectivity index (χ1v) is 10.1. The summed E-state index contributed by atoms with van der Waals surface area (Å²) in [5.41, 5.74) is -0.233. The lowest BCUT2D eigenvalue weighted by atomic mass is 9.48. The highest BCUT2D eigenvalue weighted by atomic mass is 16.6. The molecule has 1 aromatic rings. The third kappa shape index (κ3) is 1.73. The molecular formula is C22H23NO4. The van der Waals surface area contributed by atoms with E-state index in [1.165, 1.54) is 4.90 Å². The third-order valence-corrected chi connectivity index (χ3v) is 7.61. The van der Waals surface area contributed by atoms with Gasteiger partial charge in [-0.25, -0.2) is 0 Å². The van der Waals surface area contributed by atoms with E-state index < -0.39 is 11.2 Å². The highest BCUT2D eigenvalue weighted by molar-refractivity contribution is 6.22. The Balaban J connectivity index is 1.50. The summed E-state index contributed by atoms with van der Waals surface area (Å²) in [6.07, 6.45) is 8.12. The molecule has 3 aliphatic heterocycles. The van der Waals surface area contributed by atoms with Crippen molar-refractivity contribution in [1.82, 2.24) is 0 Å². The van der Waals surface area contributed by atoms with E-state index in [-0.39, 0.29) is 35.5 Å². The van der Waals surface area contributed by atoms with Crippen molar-refractivity contribution in [3.63, 3.8) is 0 Å². The summed E-state index contributed by atoms with van der Waals surface area (Å²) in [6.45, 7) is 1.42. The molecule has 1 saturated carbocycles. The lowest BCUT2D eigenvalue weighted by Gasteiger charge is -2.61. The molecule has 3 heterocycles. The topological polar surface area (TPSA) is 55.8 Å². The summed E-state index contributed by atoms with van der Waals surface area (Å²) in [5.74, 6) is -0.977. The van der Waals surface area contributed by atoms with E-state index in [0.29, 0.717) is 18.9 Å². The van der Waals surface area contributed by atoms with Crippen molar-refractivity contribution in [3.8, 4) is 0 Å². The number of para-hydroxylation sites is 1. The summed E-state index contributed by atoms with van der Waals surface area (Å²) < 4.78 is 12.9. The fourth-order valence-electron chi connectivity index (χ4n) is 6.75. The molecule has 0 radical (unpaired) electrons. The van der Waals surface area contributed by atoms with Crippen molar-refractivity contribution in [2.75, 3.05) is 18.1 Å². The van der Waals surface area contributed by atoms with E-state index in [9.17, 15) is 9.59 Å². The molecule has 5 nitrogen and oxygen atoms in total. The Kier molecular flexibility index (Phi) is 3.14. The SMILES string of the molecule is O=C1[C@@H]2[C@H](C(=O)N1c1ccccc1)[C@H]1C=C[C@H]2[C@]2(CCCO2)[C@@]12CCCO2. The fraction of sp³-hybridized carbons (Fsp3) is 0.545. The van der Waals surface area contributed by atoms with Gasteiger partial charge in [-0.3, -0.25) is 14.5 Å². The smallest absolute Gasteiger partial charge is 0.238 e. The fourth-order valence-corrected chi connectivity index (χ4v) is 6.75. The first-order chi connectivity index (χ1) is 13.2. The van der Waals surface area contributed by atoms with E-state index in [1.54, 1.807) is 0 Å². The number of anilines is 1. The van der Waals surface area contributed by atoms with Crippen LogP contribution in [0.25, 0.3) is 0 Å². The number of carbonyl (C=O) groups excluding carboxylic acids is 2. The second-order valence-corrected chi connectivity index (χ2v) is 8.52. The van der Waals surface area contributed by atoms with Crippen molar-refractivity contribution in [3.05, 3.63) is 42.5 Å². The van der Waals surface area contributed by atoms with Crippen LogP contribution >= 0.6 is 0 Å². The number of rotatable bonds is 1. The molecule has 140 valence electrons. The maximum Gasteiger partial charge on any atom is 0.238 e. The van der Waals surface area contributed by atoms with E-state index in [1.807, 2.05) is 30.3 Å². The van der Waals surface area contributed by atoms with E-state index in [0.717, 1.165) is 25.7 Å². The van der Waals surface area contributed by atoms with Crippen LogP contribution in [-0.4, -0.2) is 36.2 Å². The normalized spacial score (nSPS) is 44.8. The summed E-state index contributed by atoms with van der Waals surface area (Å²) in [6, 6.07) is 9.32. The van der Waals surface area contributed by atoms with E-state index in [2.05, 4.69) is 12.2 Å². The Hall–Kier alpha value is -1.98. The molecule has 7 rings (SSSR count). The minimum Gasteiger partial charge on any atom is -0.371 e. The predicted octanol–water partition coefficient (Wildman–Crippen LogP) is 2.71. The van der Waals surface area contributed by atoms with Gasteiger partial charge in [-0.1, -0.05) is 30.4 Å². The van der Waals surface area contributed by atoms with Gasteiger partial charge in [0.05, 0.1) is 17.5 Å². The Morgan fingerprint density at radius 3 is 1.78 bits per heavy atom. The number of hydrogen-bond acceptors (Lipinski definition) is 4. The van der Waals surface area contributed by atoms with Gasteiger partial charge in [-0.05, 0) is 37.8 Å². The molecule has 5 heteroatoms. The molecule has 2 bridgehead atoms. The van der Waals surface area contributed by atoms with E-state index >= 15 is 0 Å². The zero-order valence-electron chi connectivity index (χ0n) is 15.2. The largest absolute Gasteiger partial charge is 0.371 e. The monoisotopic (exact) mass is 365 g/mol. The second kappa shape index (κ2) is 5.30. The van der Waals surface area contributed by atoms with Gasteiger partial charge in [0.1, 0.15) is 11.2 Å². The van der Waals surface area contributed by atoms with Gasteiger partial charge >= 0.3 is 0 Å². The van der Waals surface area contributed by atoms with Gasteiger partial charge in [-0.2, -0.15) is 0 Å². The van der Waals surface area contributed by atoms with Crippen molar-refractivity contribution < 1.29 is 19.1 Å². The van der Waals surface area contributed by atoms with Crippen LogP contribution in [0.2, 0.25) is 0 Å². The van der Waals surface area contributed by atoms with Crippen LogP contribution < -0.4 is 4.90 Å². The molecule has 2 amide bonds. The average Bonchev–Trinajstić information content (AvgIpc) is 3.42. The van der Waals surface area contributed by atoms with Crippen molar-refractivity contribution >= 4 is 17.5 Å². The molecule has 4 fully saturated rings. The van der Waals surface area contributed by atoms with Crippen molar-refractivity contribution in [1.29, 1.82) is 0 Å². The number of ether oxygens (including phenoxy) is 2. The molecule has 3 aliphatic carbocycles. The predicted molar refractivity (Wildman–Crippen MR) is 97.9 cm³/mol. The van der Waals surface area contributed by atoms with Crippen LogP contribution in [0.5, 0.6) is 0 Å². The van der Waals surface area contributed by atoms with Crippen molar-refractivity contribution in [2.24, 2.45) is 23.7 Å². The van der Waals surface area contributed by atoms with Crippen LogP contribution in [-0.2, 0) is 19.1 Å². The molecule has 6 atom stereocenters. The van der Waals surface area contributed by atoms with Gasteiger partial charge in [-0.15, -0.1) is 0 Å². The minimum atomic E-state index is -0.452. The zero-order valence-corrected chi connectivity index (χ0v) is 15.2. The molecule has 0 N–H and O–H groups in total. The molecular weight excluding hydrogens is 342 g/mol. The molecule has 27 heavy (non-hydrogen) atoms. The molecule has 0 aromatic heterocycles. The van der Waals surface area contributed by atoms with Gasteiger partial charge in [0.25, 0.3) is 0 Å². The number of hydrogen-bond donors (Lipinski definition) is 0. The quantitative estimate of drug-likeness (QED) is 0.567. The maximum atomic E-state index is 13.5. The number of imide groups is 1. The van der Waals surface area contributed by atoms with Crippen LogP contribution in [0.15, 0.2) is 42.5 Å². The van der Waals surface area contributed by atoms with Crippen LogP contribution in [0.4, 0.5) is 5.69 Å². The molecule has 6 aliphatic rings.